The molecule has 0 saturated carbocycles. The van der Waals surface area contributed by atoms with Crippen molar-refractivity contribution in [1.29, 1.82) is 0 Å². The highest BCUT2D eigenvalue weighted by molar-refractivity contribution is 5.98. The van der Waals surface area contributed by atoms with Gasteiger partial charge in [-0.3, -0.25) is 4.79 Å². The monoisotopic (exact) mass is 248 g/mol. The molecule has 0 aliphatic carbocycles. The van der Waals surface area contributed by atoms with Crippen molar-refractivity contribution in [2.45, 2.75) is 26.3 Å². The van der Waals surface area contributed by atoms with Gasteiger partial charge in [-0.05, 0) is 18.1 Å². The summed E-state index contributed by atoms with van der Waals surface area (Å²) in [6.45, 7) is 5.15. The summed E-state index contributed by atoms with van der Waals surface area (Å²) in [6.07, 6.45) is 0.902. The summed E-state index contributed by atoms with van der Waals surface area (Å²) in [4.78, 5) is 14.2. The second kappa shape index (κ2) is 5.40. The van der Waals surface area contributed by atoms with Crippen molar-refractivity contribution >= 4 is 11.6 Å². The number of hydrogen-bond acceptors (Lipinski definition) is 3. The van der Waals surface area contributed by atoms with Gasteiger partial charge in [-0.25, -0.2) is 0 Å². The number of nitrogens with two attached hydrogens (primary N) is 1. The highest BCUT2D eigenvalue weighted by atomic mass is 16.5. The first-order chi connectivity index (χ1) is 8.65. The maximum Gasteiger partial charge on any atom is 0.244 e. The van der Waals surface area contributed by atoms with Crippen LogP contribution in [0.3, 0.4) is 0 Å². The van der Waals surface area contributed by atoms with Crippen LogP contribution in [-0.2, 0) is 4.79 Å². The Morgan fingerprint density at radius 2 is 2.22 bits per heavy atom. The van der Waals surface area contributed by atoms with Crippen molar-refractivity contribution < 1.29 is 9.53 Å². The van der Waals surface area contributed by atoms with Crippen molar-refractivity contribution in [2.24, 2.45) is 11.7 Å². The Morgan fingerprint density at radius 1 is 1.50 bits per heavy atom. The first-order valence-electron chi connectivity index (χ1n) is 6.44. The van der Waals surface area contributed by atoms with E-state index < -0.39 is 6.04 Å². The fourth-order valence-electron chi connectivity index (χ4n) is 2.08. The van der Waals surface area contributed by atoms with Gasteiger partial charge in [-0.2, -0.15) is 0 Å². The third kappa shape index (κ3) is 2.34. The maximum absolute atomic E-state index is 12.4. The minimum atomic E-state index is -0.443. The highest BCUT2D eigenvalue weighted by Gasteiger charge is 2.29. The molecular weight excluding hydrogens is 228 g/mol. The zero-order valence-electron chi connectivity index (χ0n) is 10.9. The number of para-hydroxylation sites is 2. The second-order valence-corrected chi connectivity index (χ2v) is 4.72. The molecule has 4 heteroatoms. The Morgan fingerprint density at radius 3 is 2.94 bits per heavy atom. The number of amides is 1. The van der Waals surface area contributed by atoms with Gasteiger partial charge in [0.2, 0.25) is 5.91 Å². The third-order valence-corrected chi connectivity index (χ3v) is 3.54. The number of hydrogen-bond donors (Lipinski definition) is 1. The molecule has 1 amide bonds. The SMILES string of the molecule is CC[C@H](C)[C@H](N)C(=O)N1CCOc2ccccc21. The molecule has 2 N–H and O–H groups in total. The maximum atomic E-state index is 12.4. The van der Waals surface area contributed by atoms with Gasteiger partial charge in [-0.1, -0.05) is 32.4 Å². The van der Waals surface area contributed by atoms with Gasteiger partial charge in [-0.15, -0.1) is 0 Å². The molecule has 1 aromatic rings. The third-order valence-electron chi connectivity index (χ3n) is 3.54. The number of rotatable bonds is 3. The van der Waals surface area contributed by atoms with Gasteiger partial charge >= 0.3 is 0 Å². The molecule has 0 radical (unpaired) electrons. The molecule has 18 heavy (non-hydrogen) atoms. The van der Waals surface area contributed by atoms with E-state index in [4.69, 9.17) is 10.5 Å². The average molecular weight is 248 g/mol. The lowest BCUT2D eigenvalue weighted by Crippen LogP contribution is -2.49. The van der Waals surface area contributed by atoms with E-state index >= 15 is 0 Å². The zero-order chi connectivity index (χ0) is 13.1. The Bertz CT molecular complexity index is 434. The van der Waals surface area contributed by atoms with Crippen molar-refractivity contribution in [3.05, 3.63) is 24.3 Å². The van der Waals surface area contributed by atoms with E-state index in [1.165, 1.54) is 0 Å². The molecule has 1 aliphatic heterocycles. The Balaban J connectivity index is 2.22. The van der Waals surface area contributed by atoms with Crippen LogP contribution in [0.4, 0.5) is 5.69 Å². The van der Waals surface area contributed by atoms with Crippen molar-refractivity contribution in [1.82, 2.24) is 0 Å². The molecule has 0 fully saturated rings. The highest BCUT2D eigenvalue weighted by Crippen LogP contribution is 2.31. The molecule has 4 nitrogen and oxygen atoms in total. The van der Waals surface area contributed by atoms with Crippen LogP contribution < -0.4 is 15.4 Å². The quantitative estimate of drug-likeness (QED) is 0.887. The normalized spacial score (nSPS) is 17.6. The molecule has 0 saturated heterocycles. The molecular formula is C14H20N2O2. The topological polar surface area (TPSA) is 55.6 Å². The fraction of sp³-hybridized carbons (Fsp3) is 0.500. The number of anilines is 1. The summed E-state index contributed by atoms with van der Waals surface area (Å²) in [5.74, 6) is 0.932. The predicted octanol–water partition coefficient (Wildman–Crippen LogP) is 1.79. The Hall–Kier alpha value is -1.55. The van der Waals surface area contributed by atoms with Gasteiger partial charge in [0.1, 0.15) is 12.4 Å². The van der Waals surface area contributed by atoms with E-state index in [0.717, 1.165) is 17.9 Å². The summed E-state index contributed by atoms with van der Waals surface area (Å²) in [5, 5.41) is 0. The first-order valence-corrected chi connectivity index (χ1v) is 6.44. The smallest absolute Gasteiger partial charge is 0.244 e. The van der Waals surface area contributed by atoms with Crippen LogP contribution in [0.2, 0.25) is 0 Å². The largest absolute Gasteiger partial charge is 0.490 e. The summed E-state index contributed by atoms with van der Waals surface area (Å²) in [7, 11) is 0. The molecule has 0 unspecified atom stereocenters. The summed E-state index contributed by atoms with van der Waals surface area (Å²) in [5.41, 5.74) is 6.85. The summed E-state index contributed by atoms with van der Waals surface area (Å²) in [6, 6.07) is 7.14. The fourth-order valence-corrected chi connectivity index (χ4v) is 2.08. The van der Waals surface area contributed by atoms with Crippen LogP contribution in [0.15, 0.2) is 24.3 Å². The lowest BCUT2D eigenvalue weighted by atomic mass is 9.98. The van der Waals surface area contributed by atoms with Crippen molar-refractivity contribution in [2.75, 3.05) is 18.1 Å². The molecule has 1 heterocycles. The van der Waals surface area contributed by atoms with Crippen LogP contribution in [0.25, 0.3) is 0 Å². The zero-order valence-corrected chi connectivity index (χ0v) is 10.9. The number of benzene rings is 1. The lowest BCUT2D eigenvalue weighted by molar-refractivity contribution is -0.121. The minimum absolute atomic E-state index is 0.0138. The van der Waals surface area contributed by atoms with E-state index in [9.17, 15) is 4.79 Å². The number of fused-ring (bicyclic) bond motifs is 1. The van der Waals surface area contributed by atoms with Gasteiger partial charge in [0.05, 0.1) is 18.3 Å². The molecule has 1 aromatic carbocycles. The molecule has 98 valence electrons. The van der Waals surface area contributed by atoms with Gasteiger partial charge < -0.3 is 15.4 Å². The molecule has 0 aromatic heterocycles. The second-order valence-electron chi connectivity index (χ2n) is 4.72. The van der Waals surface area contributed by atoms with Gasteiger partial charge in [0.25, 0.3) is 0 Å². The number of carbonyl (C=O) groups is 1. The Kier molecular flexibility index (Phi) is 3.87. The van der Waals surface area contributed by atoms with E-state index in [0.29, 0.717) is 13.2 Å². The van der Waals surface area contributed by atoms with Crippen LogP contribution >= 0.6 is 0 Å². The van der Waals surface area contributed by atoms with E-state index in [1.54, 1.807) is 4.90 Å². The van der Waals surface area contributed by atoms with Gasteiger partial charge in [0, 0.05) is 0 Å². The molecule has 1 aliphatic rings. The summed E-state index contributed by atoms with van der Waals surface area (Å²) < 4.78 is 5.54. The van der Waals surface area contributed by atoms with Crippen LogP contribution in [0.1, 0.15) is 20.3 Å². The van der Waals surface area contributed by atoms with E-state index in [1.807, 2.05) is 38.1 Å². The van der Waals surface area contributed by atoms with Crippen molar-refractivity contribution in [3.8, 4) is 5.75 Å². The number of ether oxygens (including phenoxy) is 1. The predicted molar refractivity (Wildman–Crippen MR) is 71.7 cm³/mol. The van der Waals surface area contributed by atoms with Gasteiger partial charge in [0.15, 0.2) is 0 Å². The lowest BCUT2D eigenvalue weighted by Gasteiger charge is -2.32. The van der Waals surface area contributed by atoms with E-state index in [-0.39, 0.29) is 11.8 Å². The standard InChI is InChI=1S/C14H20N2O2/c1-3-10(2)13(15)14(17)16-8-9-18-12-7-5-4-6-11(12)16/h4-7,10,13H,3,8-9,15H2,1-2H3/t10-,13-/m0/s1. The first kappa shape index (κ1) is 12.9. The number of carbonyl (C=O) groups excluding carboxylic acids is 1. The van der Waals surface area contributed by atoms with Crippen LogP contribution in [0, 0.1) is 5.92 Å². The van der Waals surface area contributed by atoms with Crippen LogP contribution in [-0.4, -0.2) is 25.1 Å². The Labute approximate surface area is 108 Å². The summed E-state index contributed by atoms with van der Waals surface area (Å²) >= 11 is 0. The molecule has 0 spiro atoms. The molecule has 2 rings (SSSR count). The average Bonchev–Trinajstić information content (AvgIpc) is 2.44. The van der Waals surface area contributed by atoms with Crippen LogP contribution in [0.5, 0.6) is 5.75 Å². The van der Waals surface area contributed by atoms with Crippen molar-refractivity contribution in [3.63, 3.8) is 0 Å². The molecule has 2 atom stereocenters. The van der Waals surface area contributed by atoms with E-state index in [2.05, 4.69) is 0 Å². The molecule has 0 bridgehead atoms. The minimum Gasteiger partial charge on any atom is -0.490 e. The number of nitrogens with zero attached hydrogens (tertiary/aromatic N) is 1.